The van der Waals surface area contributed by atoms with Crippen LogP contribution in [0.3, 0.4) is 0 Å². The second-order valence-corrected chi connectivity index (χ2v) is 8.00. The largest absolute Gasteiger partial charge is 0.481 e. The Kier molecular flexibility index (Phi) is 4.73. The third-order valence-electron chi connectivity index (χ3n) is 5.10. The summed E-state index contributed by atoms with van der Waals surface area (Å²) in [5, 5.41) is 9.63. The van der Waals surface area contributed by atoms with Gasteiger partial charge in [0.2, 0.25) is 5.91 Å². The lowest BCUT2D eigenvalue weighted by Gasteiger charge is -2.33. The molecule has 5 nitrogen and oxygen atoms in total. The van der Waals surface area contributed by atoms with Gasteiger partial charge in [0, 0.05) is 41.8 Å². The number of carboxylic acid groups (broad SMARTS) is 1. The number of amides is 1. The Bertz CT molecular complexity index is 599. The van der Waals surface area contributed by atoms with E-state index >= 15 is 0 Å². The molecule has 1 amide bonds. The van der Waals surface area contributed by atoms with Gasteiger partial charge in [0.25, 0.3) is 0 Å². The van der Waals surface area contributed by atoms with Crippen LogP contribution in [0.25, 0.3) is 0 Å². The minimum absolute atomic E-state index is 0.0716. The Morgan fingerprint density at radius 2 is 2.30 bits per heavy atom. The molecule has 23 heavy (non-hydrogen) atoms. The van der Waals surface area contributed by atoms with E-state index in [1.807, 2.05) is 0 Å². The summed E-state index contributed by atoms with van der Waals surface area (Å²) in [6, 6.07) is 4.22. The number of carboxylic acids is 1. The molecule has 6 heteroatoms. The van der Waals surface area contributed by atoms with Crippen LogP contribution in [-0.2, 0) is 20.7 Å². The number of rotatable bonds is 5. The summed E-state index contributed by atoms with van der Waals surface area (Å²) in [6.07, 6.45) is 2.72. The fraction of sp³-hybridized carbons (Fsp3) is 0.647. The molecule has 0 aromatic carbocycles. The maximum absolute atomic E-state index is 12.4. The van der Waals surface area contributed by atoms with Gasteiger partial charge in [-0.1, -0.05) is 0 Å². The van der Waals surface area contributed by atoms with Crippen molar-refractivity contribution >= 4 is 23.2 Å². The predicted molar refractivity (Wildman–Crippen MR) is 87.6 cm³/mol. The van der Waals surface area contributed by atoms with E-state index in [0.29, 0.717) is 39.1 Å². The standard InChI is InChI=1S/C17H23NO4S/c1-12-5-6-14(23-12)3-2-4-15(19)18-9-13-10-22-8-7-17(13,11-18)16(20)21/h5-6,13H,2-4,7-11H2,1H3,(H,20,21)/t13-,17+/m0/s1. The van der Waals surface area contributed by atoms with Crippen molar-refractivity contribution in [2.24, 2.45) is 11.3 Å². The lowest BCUT2D eigenvalue weighted by molar-refractivity contribution is -0.157. The molecule has 1 N–H and O–H groups in total. The minimum atomic E-state index is -0.793. The Morgan fingerprint density at radius 3 is 2.96 bits per heavy atom. The quantitative estimate of drug-likeness (QED) is 0.895. The van der Waals surface area contributed by atoms with Crippen molar-refractivity contribution in [3.8, 4) is 0 Å². The zero-order valence-electron chi connectivity index (χ0n) is 13.4. The second-order valence-electron chi connectivity index (χ2n) is 6.62. The number of thiophene rings is 1. The van der Waals surface area contributed by atoms with E-state index in [-0.39, 0.29) is 11.8 Å². The van der Waals surface area contributed by atoms with Crippen molar-refractivity contribution in [2.45, 2.75) is 32.6 Å². The van der Waals surface area contributed by atoms with Gasteiger partial charge >= 0.3 is 5.97 Å². The van der Waals surface area contributed by atoms with E-state index in [2.05, 4.69) is 19.1 Å². The lowest BCUT2D eigenvalue weighted by Crippen LogP contribution is -2.45. The zero-order chi connectivity index (χ0) is 16.4. The summed E-state index contributed by atoms with van der Waals surface area (Å²) >= 11 is 1.77. The van der Waals surface area contributed by atoms with Crippen molar-refractivity contribution < 1.29 is 19.4 Å². The van der Waals surface area contributed by atoms with E-state index in [1.54, 1.807) is 16.2 Å². The Hall–Kier alpha value is -1.40. The van der Waals surface area contributed by atoms with Crippen molar-refractivity contribution in [1.82, 2.24) is 4.90 Å². The maximum Gasteiger partial charge on any atom is 0.311 e. The van der Waals surface area contributed by atoms with Crippen molar-refractivity contribution in [3.63, 3.8) is 0 Å². The van der Waals surface area contributed by atoms with Crippen LogP contribution in [0.5, 0.6) is 0 Å². The fourth-order valence-electron chi connectivity index (χ4n) is 3.68. The molecule has 0 unspecified atom stereocenters. The van der Waals surface area contributed by atoms with Crippen molar-refractivity contribution in [3.05, 3.63) is 21.9 Å². The highest BCUT2D eigenvalue weighted by atomic mass is 32.1. The highest BCUT2D eigenvalue weighted by molar-refractivity contribution is 7.11. The Morgan fingerprint density at radius 1 is 1.48 bits per heavy atom. The first kappa shape index (κ1) is 16.5. The van der Waals surface area contributed by atoms with Gasteiger partial charge in [0.15, 0.2) is 0 Å². The summed E-state index contributed by atoms with van der Waals surface area (Å²) in [6.45, 7) is 3.86. The van der Waals surface area contributed by atoms with Crippen LogP contribution in [0.15, 0.2) is 12.1 Å². The molecule has 2 atom stereocenters. The molecule has 0 aliphatic carbocycles. The molecule has 3 rings (SSSR count). The smallest absolute Gasteiger partial charge is 0.311 e. The molecular weight excluding hydrogens is 314 g/mol. The number of likely N-dealkylation sites (tertiary alicyclic amines) is 1. The van der Waals surface area contributed by atoms with E-state index in [9.17, 15) is 14.7 Å². The van der Waals surface area contributed by atoms with Gasteiger partial charge < -0.3 is 14.7 Å². The van der Waals surface area contributed by atoms with Gasteiger partial charge in [0.05, 0.1) is 12.0 Å². The van der Waals surface area contributed by atoms with Crippen LogP contribution in [0, 0.1) is 18.3 Å². The molecular formula is C17H23NO4S. The summed E-state index contributed by atoms with van der Waals surface area (Å²) in [5.41, 5.74) is -0.793. The van der Waals surface area contributed by atoms with Crippen molar-refractivity contribution in [1.29, 1.82) is 0 Å². The number of aliphatic carboxylic acids is 1. The number of hydrogen-bond acceptors (Lipinski definition) is 4. The van der Waals surface area contributed by atoms with Crippen LogP contribution in [0.2, 0.25) is 0 Å². The Labute approximate surface area is 140 Å². The predicted octanol–water partition coefficient (Wildman–Crippen LogP) is 2.33. The van der Waals surface area contributed by atoms with Gasteiger partial charge in [-0.2, -0.15) is 0 Å². The number of ether oxygens (including phenoxy) is 1. The fourth-order valence-corrected chi connectivity index (χ4v) is 4.61. The third-order valence-corrected chi connectivity index (χ3v) is 6.16. The number of nitrogens with zero attached hydrogens (tertiary/aromatic N) is 1. The Balaban J connectivity index is 1.55. The van der Waals surface area contributed by atoms with E-state index in [0.717, 1.165) is 12.8 Å². The SMILES string of the molecule is Cc1ccc(CCCC(=O)N2C[C@H]3COCC[C@@]3(C(=O)O)C2)s1. The van der Waals surface area contributed by atoms with Gasteiger partial charge in [-0.25, -0.2) is 0 Å². The summed E-state index contributed by atoms with van der Waals surface area (Å²) in [4.78, 5) is 28.5. The first-order valence-electron chi connectivity index (χ1n) is 8.15. The number of hydrogen-bond donors (Lipinski definition) is 1. The topological polar surface area (TPSA) is 66.8 Å². The normalized spacial score (nSPS) is 27.0. The van der Waals surface area contributed by atoms with Gasteiger partial charge in [-0.15, -0.1) is 11.3 Å². The monoisotopic (exact) mass is 337 g/mol. The zero-order valence-corrected chi connectivity index (χ0v) is 14.2. The number of carbonyl (C=O) groups is 2. The maximum atomic E-state index is 12.4. The minimum Gasteiger partial charge on any atom is -0.481 e. The molecule has 3 heterocycles. The van der Waals surface area contributed by atoms with Gasteiger partial charge in [-0.3, -0.25) is 9.59 Å². The lowest BCUT2D eigenvalue weighted by atomic mass is 9.74. The van der Waals surface area contributed by atoms with Gasteiger partial charge in [0.1, 0.15) is 0 Å². The number of fused-ring (bicyclic) bond motifs is 1. The molecule has 0 saturated carbocycles. The molecule has 1 aromatic heterocycles. The molecule has 2 aliphatic heterocycles. The molecule has 2 aliphatic rings. The van der Waals surface area contributed by atoms with Crippen LogP contribution in [-0.4, -0.2) is 48.2 Å². The van der Waals surface area contributed by atoms with Crippen LogP contribution in [0.4, 0.5) is 0 Å². The first-order chi connectivity index (χ1) is 11.0. The molecule has 1 aromatic rings. The number of carbonyl (C=O) groups excluding carboxylic acids is 1. The number of aryl methyl sites for hydroxylation is 2. The summed E-state index contributed by atoms with van der Waals surface area (Å²) in [5.74, 6) is -0.777. The molecule has 0 spiro atoms. The van der Waals surface area contributed by atoms with E-state index in [1.165, 1.54) is 9.75 Å². The molecule has 0 radical (unpaired) electrons. The van der Waals surface area contributed by atoms with E-state index in [4.69, 9.17) is 4.74 Å². The molecule has 2 saturated heterocycles. The van der Waals surface area contributed by atoms with Gasteiger partial charge in [-0.05, 0) is 38.3 Å². The molecule has 2 fully saturated rings. The van der Waals surface area contributed by atoms with Crippen molar-refractivity contribution in [2.75, 3.05) is 26.3 Å². The van der Waals surface area contributed by atoms with Crippen LogP contribution < -0.4 is 0 Å². The summed E-state index contributed by atoms with van der Waals surface area (Å²) < 4.78 is 5.43. The van der Waals surface area contributed by atoms with Crippen LogP contribution >= 0.6 is 11.3 Å². The van der Waals surface area contributed by atoms with E-state index < -0.39 is 11.4 Å². The first-order valence-corrected chi connectivity index (χ1v) is 8.97. The van der Waals surface area contributed by atoms with Crippen LogP contribution in [0.1, 0.15) is 29.0 Å². The summed E-state index contributed by atoms with van der Waals surface area (Å²) in [7, 11) is 0. The highest BCUT2D eigenvalue weighted by Crippen LogP contribution is 2.42. The second kappa shape index (κ2) is 6.61. The average Bonchev–Trinajstić information content (AvgIpc) is 3.11. The molecule has 126 valence electrons. The highest BCUT2D eigenvalue weighted by Gasteiger charge is 2.54. The average molecular weight is 337 g/mol. The molecule has 0 bridgehead atoms. The third kappa shape index (κ3) is 3.28.